The van der Waals surface area contributed by atoms with Gasteiger partial charge in [-0.25, -0.2) is 4.68 Å². The lowest BCUT2D eigenvalue weighted by Gasteiger charge is -2.08. The van der Waals surface area contributed by atoms with E-state index >= 15 is 0 Å². The zero-order valence-corrected chi connectivity index (χ0v) is 15.2. The molecule has 0 aliphatic carbocycles. The third kappa shape index (κ3) is 3.28. The van der Waals surface area contributed by atoms with Crippen molar-refractivity contribution in [3.8, 4) is 6.07 Å². The summed E-state index contributed by atoms with van der Waals surface area (Å²) < 4.78 is 1.74. The van der Waals surface area contributed by atoms with Gasteiger partial charge in [-0.3, -0.25) is 0 Å². The van der Waals surface area contributed by atoms with E-state index in [9.17, 15) is 5.26 Å². The van der Waals surface area contributed by atoms with Crippen LogP contribution in [0.5, 0.6) is 0 Å². The van der Waals surface area contributed by atoms with Crippen molar-refractivity contribution in [3.63, 3.8) is 0 Å². The monoisotopic (exact) mass is 352 g/mol. The zero-order chi connectivity index (χ0) is 18.8. The normalized spacial score (nSPS) is 10.8. The molecular formula is C23H20N4. The molecule has 0 unspecified atom stereocenters. The highest BCUT2D eigenvalue weighted by molar-refractivity contribution is 5.85. The Morgan fingerprint density at radius 3 is 2.63 bits per heavy atom. The molecule has 3 aromatic carbocycles. The number of nitriles is 1. The molecule has 0 aliphatic rings. The van der Waals surface area contributed by atoms with E-state index in [2.05, 4.69) is 54.5 Å². The highest BCUT2D eigenvalue weighted by Gasteiger charge is 2.16. The van der Waals surface area contributed by atoms with Crippen molar-refractivity contribution in [1.29, 1.82) is 5.26 Å². The van der Waals surface area contributed by atoms with Gasteiger partial charge in [-0.1, -0.05) is 72.3 Å². The van der Waals surface area contributed by atoms with E-state index in [-0.39, 0.29) is 0 Å². The molecule has 0 radical (unpaired) electrons. The topological polar surface area (TPSA) is 67.6 Å². The number of aryl methyl sites for hydroxylation is 1. The van der Waals surface area contributed by atoms with E-state index in [0.717, 1.165) is 16.8 Å². The number of nitrogens with zero attached hydrogens (tertiary/aromatic N) is 3. The van der Waals surface area contributed by atoms with Crippen LogP contribution in [0.1, 0.15) is 27.9 Å². The molecule has 2 N–H and O–H groups in total. The Balaban J connectivity index is 1.71. The number of fused-ring (bicyclic) bond motifs is 1. The van der Waals surface area contributed by atoms with E-state index in [0.29, 0.717) is 24.3 Å². The maximum atomic E-state index is 9.60. The van der Waals surface area contributed by atoms with E-state index in [1.807, 2.05) is 30.3 Å². The van der Waals surface area contributed by atoms with Crippen LogP contribution in [0.2, 0.25) is 0 Å². The van der Waals surface area contributed by atoms with Gasteiger partial charge >= 0.3 is 0 Å². The molecule has 0 saturated carbocycles. The first-order valence-electron chi connectivity index (χ1n) is 8.93. The molecule has 1 aromatic heterocycles. The number of anilines is 1. The predicted octanol–water partition coefficient (Wildman–Crippen LogP) is 4.44. The Bertz CT molecular complexity index is 1160. The first-order chi connectivity index (χ1) is 13.2. The third-order valence-electron chi connectivity index (χ3n) is 4.83. The first kappa shape index (κ1) is 16.9. The number of rotatable bonds is 4. The number of aromatic nitrogens is 2. The van der Waals surface area contributed by atoms with E-state index in [4.69, 9.17) is 5.73 Å². The van der Waals surface area contributed by atoms with Crippen LogP contribution in [-0.2, 0) is 13.0 Å². The second-order valence-electron chi connectivity index (χ2n) is 6.78. The lowest BCUT2D eigenvalue weighted by atomic mass is 10.0. The largest absolute Gasteiger partial charge is 0.383 e. The Labute approximate surface area is 158 Å². The van der Waals surface area contributed by atoms with Gasteiger partial charge in [0.1, 0.15) is 17.5 Å². The summed E-state index contributed by atoms with van der Waals surface area (Å²) in [6.45, 7) is 2.60. The molecule has 4 rings (SSSR count). The maximum absolute atomic E-state index is 9.60. The first-order valence-corrected chi connectivity index (χ1v) is 8.93. The molecule has 0 fully saturated rings. The van der Waals surface area contributed by atoms with Crippen LogP contribution < -0.4 is 5.73 Å². The third-order valence-corrected chi connectivity index (χ3v) is 4.83. The number of nitrogen functional groups attached to an aromatic ring is 1. The molecule has 4 aromatic rings. The average molecular weight is 352 g/mol. The molecule has 0 spiro atoms. The number of nitrogens with two attached hydrogens (primary N) is 1. The van der Waals surface area contributed by atoms with Crippen LogP contribution in [0.15, 0.2) is 66.7 Å². The van der Waals surface area contributed by atoms with Crippen molar-refractivity contribution in [2.75, 3.05) is 5.73 Å². The number of benzene rings is 3. The lowest BCUT2D eigenvalue weighted by molar-refractivity contribution is 0.688. The summed E-state index contributed by atoms with van der Waals surface area (Å²) in [6, 6.07) is 24.9. The van der Waals surface area contributed by atoms with Gasteiger partial charge in [0.05, 0.1) is 12.2 Å². The van der Waals surface area contributed by atoms with Gasteiger partial charge in [-0.05, 0) is 28.8 Å². The standard InChI is InChI=1S/C23H20N4/c1-16-6-4-7-17(12-16)13-22-21(14-24)23(25)27(26-22)15-19-10-5-9-18-8-2-3-11-20(18)19/h2-12H,13,15,25H2,1H3. The van der Waals surface area contributed by atoms with Crippen LogP contribution in [-0.4, -0.2) is 9.78 Å². The van der Waals surface area contributed by atoms with Gasteiger partial charge < -0.3 is 5.73 Å². The van der Waals surface area contributed by atoms with Crippen molar-refractivity contribution in [2.45, 2.75) is 19.9 Å². The minimum absolute atomic E-state index is 0.424. The minimum atomic E-state index is 0.424. The number of hydrogen-bond acceptors (Lipinski definition) is 3. The van der Waals surface area contributed by atoms with Crippen molar-refractivity contribution < 1.29 is 0 Å². The summed E-state index contributed by atoms with van der Waals surface area (Å²) in [5.41, 5.74) is 10.9. The summed E-state index contributed by atoms with van der Waals surface area (Å²) in [7, 11) is 0. The van der Waals surface area contributed by atoms with Crippen molar-refractivity contribution >= 4 is 16.6 Å². The van der Waals surface area contributed by atoms with Crippen LogP contribution in [0, 0.1) is 18.3 Å². The second kappa shape index (κ2) is 6.97. The molecule has 0 aliphatic heterocycles. The highest BCUT2D eigenvalue weighted by Crippen LogP contribution is 2.24. The summed E-state index contributed by atoms with van der Waals surface area (Å²) >= 11 is 0. The van der Waals surface area contributed by atoms with Crippen LogP contribution >= 0.6 is 0 Å². The maximum Gasteiger partial charge on any atom is 0.140 e. The van der Waals surface area contributed by atoms with Gasteiger partial charge in [-0.15, -0.1) is 0 Å². The van der Waals surface area contributed by atoms with E-state index < -0.39 is 0 Å². The van der Waals surface area contributed by atoms with Crippen molar-refractivity contribution in [2.24, 2.45) is 0 Å². The molecule has 27 heavy (non-hydrogen) atoms. The summed E-state index contributed by atoms with van der Waals surface area (Å²) in [5, 5.41) is 16.6. The molecule has 4 nitrogen and oxygen atoms in total. The molecule has 4 heteroatoms. The number of hydrogen-bond donors (Lipinski definition) is 1. The minimum Gasteiger partial charge on any atom is -0.383 e. The fraction of sp³-hybridized carbons (Fsp3) is 0.130. The van der Waals surface area contributed by atoms with Gasteiger partial charge in [0.25, 0.3) is 0 Å². The second-order valence-corrected chi connectivity index (χ2v) is 6.78. The summed E-state index contributed by atoms with van der Waals surface area (Å²) in [4.78, 5) is 0. The smallest absolute Gasteiger partial charge is 0.140 e. The molecule has 0 saturated heterocycles. The van der Waals surface area contributed by atoms with Crippen molar-refractivity contribution in [1.82, 2.24) is 9.78 Å². The van der Waals surface area contributed by atoms with Gasteiger partial charge in [-0.2, -0.15) is 10.4 Å². The zero-order valence-electron chi connectivity index (χ0n) is 15.2. The fourth-order valence-electron chi connectivity index (χ4n) is 3.50. The quantitative estimate of drug-likeness (QED) is 0.590. The van der Waals surface area contributed by atoms with E-state index in [1.54, 1.807) is 4.68 Å². The van der Waals surface area contributed by atoms with Crippen LogP contribution in [0.25, 0.3) is 10.8 Å². The SMILES string of the molecule is Cc1cccc(Cc2nn(Cc3cccc4ccccc34)c(N)c2C#N)c1. The molecular weight excluding hydrogens is 332 g/mol. The molecule has 1 heterocycles. The van der Waals surface area contributed by atoms with Gasteiger partial charge in [0.2, 0.25) is 0 Å². The Morgan fingerprint density at radius 1 is 1.04 bits per heavy atom. The Hall–Kier alpha value is -3.58. The summed E-state index contributed by atoms with van der Waals surface area (Å²) in [6.07, 6.45) is 0.595. The Kier molecular flexibility index (Phi) is 4.35. The molecule has 0 amide bonds. The molecule has 0 bridgehead atoms. The van der Waals surface area contributed by atoms with Crippen molar-refractivity contribution in [3.05, 3.63) is 94.7 Å². The molecule has 0 atom stereocenters. The highest BCUT2D eigenvalue weighted by atomic mass is 15.3. The van der Waals surface area contributed by atoms with Crippen LogP contribution in [0.4, 0.5) is 5.82 Å². The predicted molar refractivity (Wildman–Crippen MR) is 108 cm³/mol. The lowest BCUT2D eigenvalue weighted by Crippen LogP contribution is -2.07. The van der Waals surface area contributed by atoms with Gasteiger partial charge in [0, 0.05) is 6.42 Å². The molecule has 132 valence electrons. The fourth-order valence-corrected chi connectivity index (χ4v) is 3.50. The van der Waals surface area contributed by atoms with Gasteiger partial charge in [0.15, 0.2) is 0 Å². The Morgan fingerprint density at radius 2 is 1.81 bits per heavy atom. The van der Waals surface area contributed by atoms with Crippen LogP contribution in [0.3, 0.4) is 0 Å². The summed E-state index contributed by atoms with van der Waals surface area (Å²) in [5.74, 6) is 0.424. The van der Waals surface area contributed by atoms with E-state index in [1.165, 1.54) is 16.3 Å². The average Bonchev–Trinajstić information content (AvgIpc) is 2.96.